The van der Waals surface area contributed by atoms with Crippen molar-refractivity contribution in [2.75, 3.05) is 26.7 Å². The smallest absolute Gasteiger partial charge is 0.254 e. The zero-order valence-electron chi connectivity index (χ0n) is 20.2. The number of rotatable bonds is 7. The Labute approximate surface area is 214 Å². The van der Waals surface area contributed by atoms with Crippen LogP contribution in [0.25, 0.3) is 21.9 Å². The quantitative estimate of drug-likeness (QED) is 0.314. The average molecular weight is 496 g/mol. The highest BCUT2D eigenvalue weighted by Gasteiger charge is 2.33. The number of benzene rings is 4. The summed E-state index contributed by atoms with van der Waals surface area (Å²) in [6, 6.07) is 21.9. The summed E-state index contributed by atoms with van der Waals surface area (Å²) in [4.78, 5) is 15.4. The van der Waals surface area contributed by atoms with Gasteiger partial charge in [-0.05, 0) is 58.3 Å². The molecule has 0 atom stereocenters. The molecule has 0 spiro atoms. The zero-order chi connectivity index (χ0) is 24.8. The summed E-state index contributed by atoms with van der Waals surface area (Å²) >= 11 is 0. The first-order valence-corrected chi connectivity index (χ1v) is 12.5. The number of hydrogen-bond donors (Lipinski definition) is 0. The van der Waals surface area contributed by atoms with Crippen LogP contribution in [-0.4, -0.2) is 37.5 Å². The Bertz CT molecular complexity index is 1520. The summed E-state index contributed by atoms with van der Waals surface area (Å²) in [6.07, 6.45) is 0.762. The molecular weight excluding hydrogens is 470 g/mol. The molecule has 37 heavy (non-hydrogen) atoms. The van der Waals surface area contributed by atoms with E-state index in [1.165, 1.54) is 0 Å². The van der Waals surface area contributed by atoms with Gasteiger partial charge in [-0.25, -0.2) is 0 Å². The van der Waals surface area contributed by atoms with E-state index in [9.17, 15) is 4.79 Å². The van der Waals surface area contributed by atoms with E-state index in [1.807, 2.05) is 59.5 Å². The van der Waals surface area contributed by atoms with Crippen LogP contribution in [0.15, 0.2) is 66.7 Å². The minimum atomic E-state index is 0.0413. The van der Waals surface area contributed by atoms with Gasteiger partial charge in [0.1, 0.15) is 0 Å². The Morgan fingerprint density at radius 3 is 2.57 bits per heavy atom. The van der Waals surface area contributed by atoms with Crippen molar-refractivity contribution in [2.45, 2.75) is 19.6 Å². The molecule has 0 N–H and O–H groups in total. The van der Waals surface area contributed by atoms with Gasteiger partial charge in [0.15, 0.2) is 23.0 Å². The Hall–Kier alpha value is -4.23. The van der Waals surface area contributed by atoms with Gasteiger partial charge in [-0.2, -0.15) is 0 Å². The zero-order valence-corrected chi connectivity index (χ0v) is 20.2. The Morgan fingerprint density at radius 1 is 0.838 bits per heavy atom. The molecule has 186 valence electrons. The van der Waals surface area contributed by atoms with Crippen molar-refractivity contribution >= 4 is 16.7 Å². The highest BCUT2D eigenvalue weighted by atomic mass is 16.7. The van der Waals surface area contributed by atoms with Crippen LogP contribution in [0.3, 0.4) is 0 Å². The molecule has 0 aliphatic carbocycles. The molecule has 0 saturated carbocycles. The topological polar surface area (TPSA) is 66.5 Å². The highest BCUT2D eigenvalue weighted by molar-refractivity contribution is 6.11. The Balaban J connectivity index is 1.20. The van der Waals surface area contributed by atoms with Crippen LogP contribution in [-0.2, 0) is 17.9 Å². The number of fused-ring (bicyclic) bond motifs is 5. The van der Waals surface area contributed by atoms with Gasteiger partial charge in [-0.1, -0.05) is 42.5 Å². The minimum Gasteiger partial charge on any atom is -0.454 e. The van der Waals surface area contributed by atoms with Crippen LogP contribution in [0.4, 0.5) is 0 Å². The molecule has 7 nitrogen and oxygen atoms in total. The molecule has 0 bridgehead atoms. The van der Waals surface area contributed by atoms with E-state index in [-0.39, 0.29) is 19.5 Å². The molecule has 0 unspecified atom stereocenters. The first-order valence-electron chi connectivity index (χ1n) is 12.5. The minimum absolute atomic E-state index is 0.0413. The Morgan fingerprint density at radius 2 is 1.65 bits per heavy atom. The van der Waals surface area contributed by atoms with Crippen molar-refractivity contribution in [2.24, 2.45) is 0 Å². The van der Waals surface area contributed by atoms with Crippen LogP contribution in [0.1, 0.15) is 27.9 Å². The lowest BCUT2D eigenvalue weighted by atomic mass is 9.90. The molecule has 7 heteroatoms. The van der Waals surface area contributed by atoms with Crippen LogP contribution in [0, 0.1) is 0 Å². The summed E-state index contributed by atoms with van der Waals surface area (Å²) in [5.41, 5.74) is 4.79. The fraction of sp³-hybridized carbons (Fsp3) is 0.233. The van der Waals surface area contributed by atoms with Gasteiger partial charge in [0.2, 0.25) is 13.6 Å². The van der Waals surface area contributed by atoms with Gasteiger partial charge in [-0.15, -0.1) is 0 Å². The lowest BCUT2D eigenvalue weighted by Crippen LogP contribution is -2.25. The standard InChI is InChI=1S/C30H25NO6/c32-30-22-13-20-8-10-25-29(37-18-35-25)28(20)27(21-7-9-24-26(14-21)36-17-34-24)23(22)15-31(30)11-4-12-33-16-19-5-2-1-3-6-19/h1-3,5-10,13-14H,4,11-12,15-18H2. The summed E-state index contributed by atoms with van der Waals surface area (Å²) in [7, 11) is 0. The number of carbonyl (C=O) groups excluding carboxylic acids is 1. The predicted octanol–water partition coefficient (Wildman–Crippen LogP) is 5.53. The van der Waals surface area contributed by atoms with Crippen molar-refractivity contribution in [3.63, 3.8) is 0 Å². The third kappa shape index (κ3) is 3.83. The number of nitrogens with zero attached hydrogens (tertiary/aromatic N) is 1. The van der Waals surface area contributed by atoms with Crippen molar-refractivity contribution in [1.29, 1.82) is 0 Å². The lowest BCUT2D eigenvalue weighted by molar-refractivity contribution is 0.0731. The van der Waals surface area contributed by atoms with E-state index in [1.54, 1.807) is 0 Å². The Kier molecular flexibility index (Phi) is 5.36. The monoisotopic (exact) mass is 495 g/mol. The molecule has 1 amide bonds. The first kappa shape index (κ1) is 22.0. The number of ether oxygens (including phenoxy) is 5. The van der Waals surface area contributed by atoms with E-state index in [4.69, 9.17) is 23.7 Å². The number of carbonyl (C=O) groups is 1. The molecule has 0 saturated heterocycles. The summed E-state index contributed by atoms with van der Waals surface area (Å²) < 4.78 is 28.6. The van der Waals surface area contributed by atoms with Gasteiger partial charge in [-0.3, -0.25) is 4.79 Å². The summed E-state index contributed by atoms with van der Waals surface area (Å²) in [5.74, 6) is 2.89. The molecule has 4 aromatic rings. The van der Waals surface area contributed by atoms with Crippen LogP contribution in [0.2, 0.25) is 0 Å². The normalized spacial score (nSPS) is 15.0. The second kappa shape index (κ2) is 9.01. The van der Waals surface area contributed by atoms with Crippen molar-refractivity contribution in [3.05, 3.63) is 83.4 Å². The third-order valence-corrected chi connectivity index (χ3v) is 7.10. The lowest BCUT2D eigenvalue weighted by Gasteiger charge is -2.16. The fourth-order valence-corrected chi connectivity index (χ4v) is 5.35. The van der Waals surface area contributed by atoms with Gasteiger partial charge >= 0.3 is 0 Å². The second-order valence-corrected chi connectivity index (χ2v) is 9.36. The SMILES string of the molecule is O=C1c2cc3ccc4c(c3c(-c3ccc5c(c3)OCO5)c2CN1CCCOCc1ccccc1)OCO4. The maximum Gasteiger partial charge on any atom is 0.254 e. The van der Waals surface area contributed by atoms with E-state index in [0.717, 1.165) is 50.8 Å². The van der Waals surface area contributed by atoms with Gasteiger partial charge in [0, 0.05) is 30.6 Å². The first-order chi connectivity index (χ1) is 18.3. The molecule has 4 aromatic carbocycles. The van der Waals surface area contributed by atoms with E-state index in [2.05, 4.69) is 12.1 Å². The summed E-state index contributed by atoms with van der Waals surface area (Å²) in [5, 5.41) is 1.89. The largest absolute Gasteiger partial charge is 0.454 e. The molecule has 0 radical (unpaired) electrons. The van der Waals surface area contributed by atoms with E-state index in [0.29, 0.717) is 43.6 Å². The molecular formula is C30H25NO6. The molecule has 0 aromatic heterocycles. The highest BCUT2D eigenvalue weighted by Crippen LogP contribution is 2.49. The van der Waals surface area contributed by atoms with Gasteiger partial charge in [0.05, 0.1) is 6.61 Å². The molecule has 7 rings (SSSR count). The molecule has 3 aliphatic rings. The molecule has 0 fully saturated rings. The van der Waals surface area contributed by atoms with Crippen LogP contribution < -0.4 is 18.9 Å². The van der Waals surface area contributed by atoms with Crippen molar-refractivity contribution in [3.8, 4) is 34.1 Å². The van der Waals surface area contributed by atoms with Gasteiger partial charge < -0.3 is 28.6 Å². The number of amides is 1. The maximum absolute atomic E-state index is 13.5. The second-order valence-electron chi connectivity index (χ2n) is 9.36. The molecule has 3 aliphatic heterocycles. The number of hydrogen-bond acceptors (Lipinski definition) is 6. The van der Waals surface area contributed by atoms with Crippen molar-refractivity contribution in [1.82, 2.24) is 4.90 Å². The summed E-state index contributed by atoms with van der Waals surface area (Å²) in [6.45, 7) is 2.69. The molecule has 3 heterocycles. The van der Waals surface area contributed by atoms with Crippen molar-refractivity contribution < 1.29 is 28.5 Å². The van der Waals surface area contributed by atoms with E-state index < -0.39 is 0 Å². The van der Waals surface area contributed by atoms with Gasteiger partial charge in [0.25, 0.3) is 5.91 Å². The van der Waals surface area contributed by atoms with Crippen LogP contribution in [0.5, 0.6) is 23.0 Å². The third-order valence-electron chi connectivity index (χ3n) is 7.10. The van der Waals surface area contributed by atoms with Crippen LogP contribution >= 0.6 is 0 Å². The maximum atomic E-state index is 13.5. The fourth-order valence-electron chi connectivity index (χ4n) is 5.35. The van der Waals surface area contributed by atoms with E-state index >= 15 is 0 Å². The predicted molar refractivity (Wildman–Crippen MR) is 137 cm³/mol. The average Bonchev–Trinajstić information content (AvgIpc) is 3.67.